The summed E-state index contributed by atoms with van der Waals surface area (Å²) in [5.41, 5.74) is 3.28. The first-order chi connectivity index (χ1) is 15.2. The number of hydrogen-bond donors (Lipinski definition) is 1. The van der Waals surface area contributed by atoms with Gasteiger partial charge < -0.3 is 10.2 Å². The third-order valence-electron chi connectivity index (χ3n) is 5.79. The Bertz CT molecular complexity index is 1110. The fraction of sp³-hybridized carbons (Fsp3) is 0.500. The molecule has 1 aromatic carbocycles. The number of sulfonamides is 1. The van der Waals surface area contributed by atoms with Gasteiger partial charge >= 0.3 is 0 Å². The molecule has 0 saturated carbocycles. The van der Waals surface area contributed by atoms with Crippen LogP contribution in [-0.4, -0.2) is 66.5 Å². The number of piperazine rings is 1. The number of nitrogens with one attached hydrogen (secondary N) is 1. The number of hydrogen-bond acceptors (Lipinski definition) is 6. The van der Waals surface area contributed by atoms with Crippen molar-refractivity contribution in [1.29, 1.82) is 5.26 Å². The molecule has 3 rings (SSSR count). The van der Waals surface area contributed by atoms with Crippen molar-refractivity contribution in [3.63, 3.8) is 0 Å². The van der Waals surface area contributed by atoms with E-state index in [2.05, 4.69) is 21.4 Å². The van der Waals surface area contributed by atoms with E-state index in [-0.39, 0.29) is 17.2 Å². The summed E-state index contributed by atoms with van der Waals surface area (Å²) in [5, 5.41) is 16.1. The third kappa shape index (κ3) is 5.54. The minimum Gasteiger partial charge on any atom is -0.326 e. The van der Waals surface area contributed by atoms with Gasteiger partial charge in [0.2, 0.25) is 15.9 Å². The van der Waals surface area contributed by atoms with Gasteiger partial charge in [0, 0.05) is 44.0 Å². The fourth-order valence-electron chi connectivity index (χ4n) is 3.84. The van der Waals surface area contributed by atoms with Crippen molar-refractivity contribution in [2.75, 3.05) is 38.5 Å². The number of nitrogens with zero attached hydrogens (tertiary/aromatic N) is 5. The van der Waals surface area contributed by atoms with Crippen LogP contribution in [0.2, 0.25) is 0 Å². The van der Waals surface area contributed by atoms with Gasteiger partial charge in [-0.05, 0) is 51.1 Å². The molecule has 1 aliphatic heterocycles. The molecule has 1 fully saturated rings. The van der Waals surface area contributed by atoms with E-state index in [1.165, 1.54) is 10.4 Å². The highest BCUT2D eigenvalue weighted by molar-refractivity contribution is 7.89. The van der Waals surface area contributed by atoms with Crippen molar-refractivity contribution in [2.45, 2.75) is 44.6 Å². The van der Waals surface area contributed by atoms with Crippen molar-refractivity contribution in [1.82, 2.24) is 19.0 Å². The maximum Gasteiger partial charge on any atom is 0.243 e. The predicted octanol–water partition coefficient (Wildman–Crippen LogP) is 1.92. The Labute approximate surface area is 189 Å². The molecule has 1 aromatic heterocycles. The van der Waals surface area contributed by atoms with Gasteiger partial charge in [0.25, 0.3) is 0 Å². The lowest BCUT2D eigenvalue weighted by Crippen LogP contribution is -2.47. The van der Waals surface area contributed by atoms with Crippen molar-refractivity contribution >= 4 is 21.6 Å². The molecule has 0 atom stereocenters. The first-order valence-corrected chi connectivity index (χ1v) is 12.1. The highest BCUT2D eigenvalue weighted by atomic mass is 32.2. The zero-order chi connectivity index (χ0) is 23.3. The maximum absolute atomic E-state index is 13.0. The number of carbonyl (C=O) groups excluding carboxylic acids is 1. The Balaban J connectivity index is 1.63. The van der Waals surface area contributed by atoms with Gasteiger partial charge in [0.05, 0.1) is 29.6 Å². The second kappa shape index (κ2) is 10.3. The van der Waals surface area contributed by atoms with Crippen molar-refractivity contribution in [2.24, 2.45) is 0 Å². The Kier molecular flexibility index (Phi) is 7.66. The summed E-state index contributed by atoms with van der Waals surface area (Å²) in [5.74, 6) is -0.192. The minimum atomic E-state index is -3.59. The second-order valence-corrected chi connectivity index (χ2v) is 10.0. The standard InChI is InChI=1S/C22H30N6O3S/c1-17-21(18(2)28(25-17)11-5-10-23)8-9-22(29)24-19-6-4-7-20(16-19)32(30,31)27-14-12-26(3)13-15-27/h4,6-7,16H,5,8-9,11-15H2,1-3H3,(H,24,29). The molecular formula is C22H30N6O3S. The quantitative estimate of drug-likeness (QED) is 0.647. The zero-order valence-electron chi connectivity index (χ0n) is 18.8. The van der Waals surface area contributed by atoms with Gasteiger partial charge in [0.1, 0.15) is 0 Å². The van der Waals surface area contributed by atoms with Crippen LogP contribution in [-0.2, 0) is 27.8 Å². The van der Waals surface area contributed by atoms with E-state index in [9.17, 15) is 13.2 Å². The first kappa shape index (κ1) is 23.9. The number of nitriles is 1. The number of rotatable bonds is 8. The fourth-order valence-corrected chi connectivity index (χ4v) is 5.31. The average Bonchev–Trinajstić information content (AvgIpc) is 3.03. The molecule has 0 radical (unpaired) electrons. The van der Waals surface area contributed by atoms with Gasteiger partial charge in [-0.15, -0.1) is 0 Å². The molecule has 0 bridgehead atoms. The smallest absolute Gasteiger partial charge is 0.243 e. The lowest BCUT2D eigenvalue weighted by molar-refractivity contribution is -0.116. The summed E-state index contributed by atoms with van der Waals surface area (Å²) in [4.78, 5) is 14.8. The number of benzene rings is 1. The lowest BCUT2D eigenvalue weighted by atomic mass is 10.1. The van der Waals surface area contributed by atoms with Gasteiger partial charge in [-0.25, -0.2) is 8.42 Å². The Morgan fingerprint density at radius 1 is 1.22 bits per heavy atom. The van der Waals surface area contributed by atoms with E-state index in [0.29, 0.717) is 51.3 Å². The summed E-state index contributed by atoms with van der Waals surface area (Å²) in [6, 6.07) is 8.53. The SMILES string of the molecule is Cc1nn(CCC#N)c(C)c1CCC(=O)Nc1cccc(S(=O)(=O)N2CCN(C)CC2)c1. The molecule has 1 aliphatic rings. The normalized spacial score (nSPS) is 15.4. The molecular weight excluding hydrogens is 428 g/mol. The van der Waals surface area contributed by atoms with E-state index < -0.39 is 10.0 Å². The minimum absolute atomic E-state index is 0.185. The number of anilines is 1. The van der Waals surface area contributed by atoms with Crippen LogP contribution in [0.25, 0.3) is 0 Å². The highest BCUT2D eigenvalue weighted by Crippen LogP contribution is 2.21. The van der Waals surface area contributed by atoms with Crippen LogP contribution in [0.1, 0.15) is 29.8 Å². The van der Waals surface area contributed by atoms with Crippen LogP contribution in [0.15, 0.2) is 29.2 Å². The maximum atomic E-state index is 13.0. The van der Waals surface area contributed by atoms with Crippen LogP contribution >= 0.6 is 0 Å². The number of aryl methyl sites for hydroxylation is 2. The monoisotopic (exact) mass is 458 g/mol. The molecule has 2 heterocycles. The van der Waals surface area contributed by atoms with Crippen LogP contribution in [0.5, 0.6) is 0 Å². The second-order valence-electron chi connectivity index (χ2n) is 8.06. The molecule has 1 N–H and O–H groups in total. The van der Waals surface area contributed by atoms with E-state index in [1.54, 1.807) is 22.9 Å². The van der Waals surface area contributed by atoms with Gasteiger partial charge in [-0.2, -0.15) is 14.7 Å². The summed E-state index contributed by atoms with van der Waals surface area (Å²) >= 11 is 0. The van der Waals surface area contributed by atoms with Gasteiger partial charge in [0.15, 0.2) is 0 Å². The van der Waals surface area contributed by atoms with Crippen LogP contribution in [0, 0.1) is 25.2 Å². The van der Waals surface area contributed by atoms with Crippen molar-refractivity contribution in [3.8, 4) is 6.07 Å². The van der Waals surface area contributed by atoms with E-state index >= 15 is 0 Å². The van der Waals surface area contributed by atoms with E-state index in [1.807, 2.05) is 20.9 Å². The molecule has 0 aliphatic carbocycles. The topological polar surface area (TPSA) is 111 Å². The number of amides is 1. The third-order valence-corrected chi connectivity index (χ3v) is 7.68. The molecule has 0 unspecified atom stereocenters. The van der Waals surface area contributed by atoms with Crippen LogP contribution in [0.3, 0.4) is 0 Å². The summed E-state index contributed by atoms with van der Waals surface area (Å²) < 4.78 is 29.2. The lowest BCUT2D eigenvalue weighted by Gasteiger charge is -2.31. The Hall–Kier alpha value is -2.74. The van der Waals surface area contributed by atoms with E-state index in [0.717, 1.165) is 17.0 Å². The number of likely N-dealkylation sites (N-methyl/N-ethyl adjacent to an activating group) is 1. The molecule has 32 heavy (non-hydrogen) atoms. The summed E-state index contributed by atoms with van der Waals surface area (Å²) in [7, 11) is -1.62. The molecule has 0 spiro atoms. The first-order valence-electron chi connectivity index (χ1n) is 10.7. The number of aromatic nitrogens is 2. The summed E-state index contributed by atoms with van der Waals surface area (Å²) in [6.45, 7) is 6.67. The van der Waals surface area contributed by atoms with Crippen LogP contribution in [0.4, 0.5) is 5.69 Å². The Morgan fingerprint density at radius 2 is 1.94 bits per heavy atom. The predicted molar refractivity (Wildman–Crippen MR) is 122 cm³/mol. The highest BCUT2D eigenvalue weighted by Gasteiger charge is 2.27. The average molecular weight is 459 g/mol. The van der Waals surface area contributed by atoms with Crippen molar-refractivity contribution in [3.05, 3.63) is 41.2 Å². The summed E-state index contributed by atoms with van der Waals surface area (Å²) in [6.07, 6.45) is 1.16. The molecule has 2 aromatic rings. The van der Waals surface area contributed by atoms with Crippen molar-refractivity contribution < 1.29 is 13.2 Å². The Morgan fingerprint density at radius 3 is 2.62 bits per heavy atom. The molecule has 9 nitrogen and oxygen atoms in total. The van der Waals surface area contributed by atoms with Crippen LogP contribution < -0.4 is 5.32 Å². The van der Waals surface area contributed by atoms with E-state index in [4.69, 9.17) is 5.26 Å². The molecule has 1 amide bonds. The molecule has 10 heteroatoms. The van der Waals surface area contributed by atoms with Gasteiger partial charge in [-0.3, -0.25) is 9.48 Å². The van der Waals surface area contributed by atoms with Gasteiger partial charge in [-0.1, -0.05) is 6.07 Å². The largest absolute Gasteiger partial charge is 0.326 e. The molecule has 1 saturated heterocycles. The zero-order valence-corrected chi connectivity index (χ0v) is 19.7. The number of carbonyl (C=O) groups is 1. The molecule has 172 valence electrons.